The van der Waals surface area contributed by atoms with Gasteiger partial charge in [0.15, 0.2) is 0 Å². The maximum atomic E-state index is 5.97. The Morgan fingerprint density at radius 3 is 2.82 bits per heavy atom. The molecule has 1 heterocycles. The molecule has 5 heteroatoms. The second-order valence-electron chi connectivity index (χ2n) is 3.39. The summed E-state index contributed by atoms with van der Waals surface area (Å²) in [4.78, 5) is 8.51. The van der Waals surface area contributed by atoms with E-state index in [0.29, 0.717) is 10.8 Å². The first-order valence-corrected chi connectivity index (χ1v) is 5.46. The molecule has 4 nitrogen and oxygen atoms in total. The molecule has 2 aromatic rings. The van der Waals surface area contributed by atoms with Crippen LogP contribution < -0.4 is 10.1 Å². The molecule has 0 bridgehead atoms. The Bertz CT molecular complexity index is 531. The molecule has 1 N–H and O–H groups in total. The van der Waals surface area contributed by atoms with Crippen molar-refractivity contribution < 1.29 is 4.74 Å². The van der Waals surface area contributed by atoms with Crippen LogP contribution in [0.4, 0.5) is 5.82 Å². The van der Waals surface area contributed by atoms with Crippen LogP contribution >= 0.6 is 11.6 Å². The smallest absolute Gasteiger partial charge is 0.144 e. The third-order valence-corrected chi connectivity index (χ3v) is 2.65. The number of anilines is 1. The van der Waals surface area contributed by atoms with Crippen molar-refractivity contribution in [3.8, 4) is 17.0 Å². The van der Waals surface area contributed by atoms with E-state index in [0.717, 1.165) is 17.1 Å². The van der Waals surface area contributed by atoms with Crippen LogP contribution in [-0.4, -0.2) is 24.1 Å². The minimum absolute atomic E-state index is 0.578. The van der Waals surface area contributed by atoms with E-state index in [1.807, 2.05) is 12.1 Å². The highest BCUT2D eigenvalue weighted by molar-refractivity contribution is 6.32. The lowest BCUT2D eigenvalue weighted by Crippen LogP contribution is -1.95. The summed E-state index contributed by atoms with van der Waals surface area (Å²) in [6.45, 7) is 0. The first kappa shape index (κ1) is 11.7. The SMILES string of the molecule is CNc1cncc(-c2ccc(Cl)c(OC)c2)n1. The van der Waals surface area contributed by atoms with E-state index in [2.05, 4.69) is 15.3 Å². The molecule has 0 saturated heterocycles. The lowest BCUT2D eigenvalue weighted by atomic mass is 10.1. The summed E-state index contributed by atoms with van der Waals surface area (Å²) in [6.07, 6.45) is 3.36. The van der Waals surface area contributed by atoms with E-state index >= 15 is 0 Å². The zero-order valence-corrected chi connectivity index (χ0v) is 10.3. The Labute approximate surface area is 105 Å². The molecule has 0 aliphatic rings. The highest BCUT2D eigenvalue weighted by Crippen LogP contribution is 2.29. The molecule has 0 radical (unpaired) electrons. The number of nitrogens with zero attached hydrogens (tertiary/aromatic N) is 2. The number of aromatic nitrogens is 2. The number of ether oxygens (including phenoxy) is 1. The molecule has 0 spiro atoms. The number of halogens is 1. The van der Waals surface area contributed by atoms with E-state index in [1.165, 1.54) is 0 Å². The van der Waals surface area contributed by atoms with E-state index in [-0.39, 0.29) is 0 Å². The van der Waals surface area contributed by atoms with E-state index in [1.54, 1.807) is 32.6 Å². The third-order valence-electron chi connectivity index (χ3n) is 2.34. The van der Waals surface area contributed by atoms with Crippen molar-refractivity contribution in [2.75, 3.05) is 19.5 Å². The standard InChI is InChI=1S/C12H12ClN3O/c1-14-12-7-15-6-10(16-12)8-3-4-9(13)11(5-8)17-2/h3-7H,1-2H3,(H,14,16). The van der Waals surface area contributed by atoms with Crippen molar-refractivity contribution in [2.24, 2.45) is 0 Å². The van der Waals surface area contributed by atoms with Crippen LogP contribution in [0.25, 0.3) is 11.3 Å². The van der Waals surface area contributed by atoms with E-state index in [4.69, 9.17) is 16.3 Å². The Morgan fingerprint density at radius 2 is 2.12 bits per heavy atom. The fourth-order valence-corrected chi connectivity index (χ4v) is 1.64. The van der Waals surface area contributed by atoms with Gasteiger partial charge in [0.2, 0.25) is 0 Å². The van der Waals surface area contributed by atoms with Gasteiger partial charge in [0, 0.05) is 12.6 Å². The number of hydrogen-bond donors (Lipinski definition) is 1. The van der Waals surface area contributed by atoms with Crippen LogP contribution in [0, 0.1) is 0 Å². The van der Waals surface area contributed by atoms with Gasteiger partial charge in [-0.05, 0) is 12.1 Å². The van der Waals surface area contributed by atoms with Crippen molar-refractivity contribution >= 4 is 17.4 Å². The second-order valence-corrected chi connectivity index (χ2v) is 3.80. The molecule has 0 aliphatic heterocycles. The minimum Gasteiger partial charge on any atom is -0.495 e. The quantitative estimate of drug-likeness (QED) is 0.909. The summed E-state index contributed by atoms with van der Waals surface area (Å²) < 4.78 is 5.17. The number of methoxy groups -OCH3 is 1. The van der Waals surface area contributed by atoms with E-state index in [9.17, 15) is 0 Å². The molecule has 0 fully saturated rings. The van der Waals surface area contributed by atoms with Gasteiger partial charge < -0.3 is 10.1 Å². The number of benzene rings is 1. The Hall–Kier alpha value is -1.81. The van der Waals surface area contributed by atoms with Crippen molar-refractivity contribution in [3.05, 3.63) is 35.6 Å². The maximum Gasteiger partial charge on any atom is 0.144 e. The van der Waals surface area contributed by atoms with Crippen LogP contribution in [0.1, 0.15) is 0 Å². The summed E-state index contributed by atoms with van der Waals surface area (Å²) in [7, 11) is 3.39. The van der Waals surface area contributed by atoms with Gasteiger partial charge in [-0.3, -0.25) is 4.98 Å². The van der Waals surface area contributed by atoms with Gasteiger partial charge in [-0.15, -0.1) is 0 Å². The van der Waals surface area contributed by atoms with Crippen LogP contribution in [0.2, 0.25) is 5.02 Å². The highest BCUT2D eigenvalue weighted by atomic mass is 35.5. The van der Waals surface area contributed by atoms with E-state index < -0.39 is 0 Å². The Morgan fingerprint density at radius 1 is 1.29 bits per heavy atom. The fraction of sp³-hybridized carbons (Fsp3) is 0.167. The molecule has 0 aliphatic carbocycles. The largest absolute Gasteiger partial charge is 0.495 e. The van der Waals surface area contributed by atoms with Crippen LogP contribution in [-0.2, 0) is 0 Å². The van der Waals surface area contributed by atoms with Crippen molar-refractivity contribution in [1.29, 1.82) is 0 Å². The predicted molar refractivity (Wildman–Crippen MR) is 68.6 cm³/mol. The van der Waals surface area contributed by atoms with Gasteiger partial charge in [0.1, 0.15) is 11.6 Å². The Kier molecular flexibility index (Phi) is 3.44. The first-order valence-electron chi connectivity index (χ1n) is 5.08. The predicted octanol–water partition coefficient (Wildman–Crippen LogP) is 2.85. The molecule has 0 amide bonds. The highest BCUT2D eigenvalue weighted by Gasteiger charge is 2.06. The monoisotopic (exact) mass is 249 g/mol. The molecule has 17 heavy (non-hydrogen) atoms. The van der Waals surface area contributed by atoms with Gasteiger partial charge >= 0.3 is 0 Å². The van der Waals surface area contributed by atoms with Crippen LogP contribution in [0.5, 0.6) is 5.75 Å². The lowest BCUT2D eigenvalue weighted by Gasteiger charge is -2.07. The molecular weight excluding hydrogens is 238 g/mol. The lowest BCUT2D eigenvalue weighted by molar-refractivity contribution is 0.415. The molecule has 1 aromatic heterocycles. The van der Waals surface area contributed by atoms with Gasteiger partial charge in [-0.25, -0.2) is 4.98 Å². The third kappa shape index (κ3) is 2.47. The summed E-state index contributed by atoms with van der Waals surface area (Å²) in [5, 5.41) is 3.52. The van der Waals surface area contributed by atoms with Crippen molar-refractivity contribution in [2.45, 2.75) is 0 Å². The zero-order chi connectivity index (χ0) is 12.3. The molecular formula is C12H12ClN3O. The normalized spacial score (nSPS) is 10.1. The van der Waals surface area contributed by atoms with Gasteiger partial charge in [-0.2, -0.15) is 0 Å². The average Bonchev–Trinajstić information content (AvgIpc) is 2.39. The van der Waals surface area contributed by atoms with Gasteiger partial charge in [0.25, 0.3) is 0 Å². The molecule has 88 valence electrons. The summed E-state index contributed by atoms with van der Waals surface area (Å²) in [5.74, 6) is 1.34. The minimum atomic E-state index is 0.578. The average molecular weight is 250 g/mol. The zero-order valence-electron chi connectivity index (χ0n) is 9.57. The van der Waals surface area contributed by atoms with Gasteiger partial charge in [0.05, 0.1) is 30.2 Å². The van der Waals surface area contributed by atoms with Crippen molar-refractivity contribution in [1.82, 2.24) is 9.97 Å². The second kappa shape index (κ2) is 5.01. The summed E-state index contributed by atoms with van der Waals surface area (Å²) in [5.41, 5.74) is 1.68. The first-order chi connectivity index (χ1) is 8.24. The summed E-state index contributed by atoms with van der Waals surface area (Å²) in [6, 6.07) is 5.50. The number of nitrogens with one attached hydrogen (secondary N) is 1. The van der Waals surface area contributed by atoms with Crippen molar-refractivity contribution in [3.63, 3.8) is 0 Å². The molecule has 0 atom stereocenters. The van der Waals surface area contributed by atoms with Gasteiger partial charge in [-0.1, -0.05) is 17.7 Å². The molecule has 0 saturated carbocycles. The Balaban J connectivity index is 2.45. The molecule has 0 unspecified atom stereocenters. The number of hydrogen-bond acceptors (Lipinski definition) is 4. The fourth-order valence-electron chi connectivity index (χ4n) is 1.44. The number of rotatable bonds is 3. The maximum absolute atomic E-state index is 5.97. The topological polar surface area (TPSA) is 47.0 Å². The van der Waals surface area contributed by atoms with Crippen LogP contribution in [0.15, 0.2) is 30.6 Å². The molecule has 1 aromatic carbocycles. The van der Waals surface area contributed by atoms with Crippen LogP contribution in [0.3, 0.4) is 0 Å². The summed E-state index contributed by atoms with van der Waals surface area (Å²) >= 11 is 5.97. The molecule has 2 rings (SSSR count).